The monoisotopic (exact) mass is 377 g/mol. The first-order valence-corrected chi connectivity index (χ1v) is 9.55. The third-order valence-electron chi connectivity index (χ3n) is 5.28. The normalized spacial score (nSPS) is 13.1. The fourth-order valence-electron chi connectivity index (χ4n) is 3.53. The molecule has 1 aliphatic carbocycles. The molecule has 4 rings (SSSR count). The maximum Gasteiger partial charge on any atom is 0.263 e. The lowest BCUT2D eigenvalue weighted by atomic mass is 9.90. The molecule has 1 aliphatic rings. The Hall–Kier alpha value is -3.15. The van der Waals surface area contributed by atoms with E-state index in [0.717, 1.165) is 29.5 Å². The van der Waals surface area contributed by atoms with Gasteiger partial charge >= 0.3 is 0 Å². The lowest BCUT2D eigenvalue weighted by Gasteiger charge is -2.16. The van der Waals surface area contributed by atoms with Crippen LogP contribution >= 0.6 is 0 Å². The van der Waals surface area contributed by atoms with Gasteiger partial charge in [0, 0.05) is 5.56 Å². The highest BCUT2D eigenvalue weighted by Gasteiger charge is 2.18. The van der Waals surface area contributed by atoms with E-state index in [4.69, 9.17) is 9.37 Å². The van der Waals surface area contributed by atoms with E-state index >= 15 is 0 Å². The zero-order chi connectivity index (χ0) is 19.5. The van der Waals surface area contributed by atoms with Crippen LogP contribution in [-0.2, 0) is 17.6 Å². The number of nitrogens with zero attached hydrogens (tertiary/aromatic N) is 2. The molecule has 1 amide bonds. The third kappa shape index (κ3) is 3.76. The van der Waals surface area contributed by atoms with Gasteiger partial charge in [0.05, 0.1) is 0 Å². The van der Waals surface area contributed by atoms with Crippen molar-refractivity contribution in [3.63, 3.8) is 0 Å². The minimum Gasteiger partial charge on any atom is -0.483 e. The molecule has 6 nitrogen and oxygen atoms in total. The van der Waals surface area contributed by atoms with E-state index in [0.29, 0.717) is 17.3 Å². The highest BCUT2D eigenvalue weighted by molar-refractivity contribution is 5.94. The first-order valence-electron chi connectivity index (χ1n) is 9.55. The second kappa shape index (κ2) is 7.84. The van der Waals surface area contributed by atoms with Crippen molar-refractivity contribution in [3.05, 3.63) is 58.7 Å². The molecule has 3 aromatic rings. The number of nitrogens with one attached hydrogen (secondary N) is 1. The van der Waals surface area contributed by atoms with Gasteiger partial charge < -0.3 is 10.1 Å². The lowest BCUT2D eigenvalue weighted by Crippen LogP contribution is -2.21. The van der Waals surface area contributed by atoms with Gasteiger partial charge in [0.1, 0.15) is 5.75 Å². The van der Waals surface area contributed by atoms with Gasteiger partial charge in [-0.1, -0.05) is 24.3 Å². The SMILES string of the molecule is Cc1cccc(OCC(=O)Nc2nonc2-c2ccc3c(c2)CCCC3)c1C. The van der Waals surface area contributed by atoms with Gasteiger partial charge in [0.2, 0.25) is 5.82 Å². The average Bonchev–Trinajstić information content (AvgIpc) is 3.16. The summed E-state index contributed by atoms with van der Waals surface area (Å²) in [5, 5.41) is 10.6. The van der Waals surface area contributed by atoms with Gasteiger partial charge in [0.15, 0.2) is 12.3 Å². The number of amides is 1. The molecule has 1 N–H and O–H groups in total. The second-order valence-electron chi connectivity index (χ2n) is 7.19. The topological polar surface area (TPSA) is 77.2 Å². The number of aromatic nitrogens is 2. The van der Waals surface area contributed by atoms with Gasteiger partial charge in [-0.25, -0.2) is 4.63 Å². The number of anilines is 1. The summed E-state index contributed by atoms with van der Waals surface area (Å²) >= 11 is 0. The number of rotatable bonds is 5. The third-order valence-corrected chi connectivity index (χ3v) is 5.28. The number of carbonyl (C=O) groups is 1. The van der Waals surface area contributed by atoms with Crippen molar-refractivity contribution in [2.24, 2.45) is 0 Å². The lowest BCUT2D eigenvalue weighted by molar-refractivity contribution is -0.118. The second-order valence-corrected chi connectivity index (χ2v) is 7.19. The Balaban J connectivity index is 1.46. The van der Waals surface area contributed by atoms with Crippen LogP contribution in [-0.4, -0.2) is 22.8 Å². The first kappa shape index (κ1) is 18.2. The number of benzene rings is 2. The fourth-order valence-corrected chi connectivity index (χ4v) is 3.53. The van der Waals surface area contributed by atoms with Crippen LogP contribution in [0.1, 0.15) is 35.1 Å². The molecule has 144 valence electrons. The summed E-state index contributed by atoms with van der Waals surface area (Å²) in [5.74, 6) is 0.699. The molecule has 0 aliphatic heterocycles. The molecule has 0 fully saturated rings. The number of ether oxygens (including phenoxy) is 1. The average molecular weight is 377 g/mol. The van der Waals surface area contributed by atoms with E-state index in [1.54, 1.807) is 0 Å². The molecule has 28 heavy (non-hydrogen) atoms. The quantitative estimate of drug-likeness (QED) is 0.719. The van der Waals surface area contributed by atoms with Crippen molar-refractivity contribution < 1.29 is 14.2 Å². The molecule has 0 saturated carbocycles. The van der Waals surface area contributed by atoms with Gasteiger partial charge in [-0.05, 0) is 84.2 Å². The van der Waals surface area contributed by atoms with Gasteiger partial charge in [0.25, 0.3) is 5.91 Å². The van der Waals surface area contributed by atoms with Crippen molar-refractivity contribution in [1.82, 2.24) is 10.3 Å². The Labute approximate surface area is 163 Å². The first-order chi connectivity index (χ1) is 13.6. The van der Waals surface area contributed by atoms with Crippen LogP contribution in [0.4, 0.5) is 5.82 Å². The maximum atomic E-state index is 12.4. The van der Waals surface area contributed by atoms with Gasteiger partial charge in [-0.15, -0.1) is 0 Å². The fraction of sp³-hybridized carbons (Fsp3) is 0.318. The summed E-state index contributed by atoms with van der Waals surface area (Å²) in [6.07, 6.45) is 4.62. The highest BCUT2D eigenvalue weighted by Crippen LogP contribution is 2.29. The summed E-state index contributed by atoms with van der Waals surface area (Å²) in [6, 6.07) is 12.0. The van der Waals surface area contributed by atoms with Crippen LogP contribution in [0.3, 0.4) is 0 Å². The molecule has 0 atom stereocenters. The van der Waals surface area contributed by atoms with Crippen LogP contribution in [0.25, 0.3) is 11.3 Å². The summed E-state index contributed by atoms with van der Waals surface area (Å²) in [7, 11) is 0. The largest absolute Gasteiger partial charge is 0.483 e. The minimum absolute atomic E-state index is 0.110. The van der Waals surface area contributed by atoms with E-state index < -0.39 is 0 Å². The van der Waals surface area contributed by atoms with Crippen molar-refractivity contribution in [2.75, 3.05) is 11.9 Å². The van der Waals surface area contributed by atoms with Gasteiger partial charge in [-0.3, -0.25) is 4.79 Å². The van der Waals surface area contributed by atoms with Crippen molar-refractivity contribution in [1.29, 1.82) is 0 Å². The highest BCUT2D eigenvalue weighted by atomic mass is 16.6. The Kier molecular flexibility index (Phi) is 5.10. The number of hydrogen-bond acceptors (Lipinski definition) is 5. The smallest absolute Gasteiger partial charge is 0.263 e. The Morgan fingerprint density at radius 2 is 1.93 bits per heavy atom. The predicted octanol–water partition coefficient (Wildman–Crippen LogP) is 4.25. The molecule has 0 saturated heterocycles. The minimum atomic E-state index is -0.309. The zero-order valence-corrected chi connectivity index (χ0v) is 16.1. The Morgan fingerprint density at radius 3 is 2.79 bits per heavy atom. The molecule has 1 heterocycles. The van der Waals surface area contributed by atoms with Crippen LogP contribution < -0.4 is 10.1 Å². The van der Waals surface area contributed by atoms with E-state index in [-0.39, 0.29) is 12.5 Å². The maximum absolute atomic E-state index is 12.4. The summed E-state index contributed by atoms with van der Waals surface area (Å²) in [6.45, 7) is 3.87. The van der Waals surface area contributed by atoms with E-state index in [1.807, 2.05) is 38.1 Å². The number of hydrogen-bond donors (Lipinski definition) is 1. The van der Waals surface area contributed by atoms with Crippen LogP contribution in [0.5, 0.6) is 5.75 Å². The molecule has 6 heteroatoms. The van der Waals surface area contributed by atoms with Crippen molar-refractivity contribution >= 4 is 11.7 Å². The van der Waals surface area contributed by atoms with Crippen molar-refractivity contribution in [2.45, 2.75) is 39.5 Å². The van der Waals surface area contributed by atoms with E-state index in [2.05, 4.69) is 27.8 Å². The Bertz CT molecular complexity index is 1010. The predicted molar refractivity (Wildman–Crippen MR) is 106 cm³/mol. The molecular weight excluding hydrogens is 354 g/mol. The van der Waals surface area contributed by atoms with E-state index in [9.17, 15) is 4.79 Å². The van der Waals surface area contributed by atoms with Crippen molar-refractivity contribution in [3.8, 4) is 17.0 Å². The van der Waals surface area contributed by atoms with E-state index in [1.165, 1.54) is 24.0 Å². The zero-order valence-electron chi connectivity index (χ0n) is 16.1. The molecular formula is C22H23N3O3. The summed E-state index contributed by atoms with van der Waals surface area (Å²) in [5.41, 5.74) is 6.30. The summed E-state index contributed by atoms with van der Waals surface area (Å²) in [4.78, 5) is 12.4. The molecule has 1 aromatic heterocycles. The number of fused-ring (bicyclic) bond motifs is 1. The van der Waals surface area contributed by atoms with Crippen LogP contribution in [0.15, 0.2) is 41.0 Å². The van der Waals surface area contributed by atoms with Crippen LogP contribution in [0, 0.1) is 13.8 Å². The standard InChI is InChI=1S/C22H23N3O3/c1-14-6-5-9-19(15(14)2)27-13-20(26)23-22-21(24-28-25-22)18-11-10-16-7-3-4-8-17(16)12-18/h5-6,9-12H,3-4,7-8,13H2,1-2H3,(H,23,25,26). The van der Waals surface area contributed by atoms with Crippen LogP contribution in [0.2, 0.25) is 0 Å². The molecule has 0 spiro atoms. The van der Waals surface area contributed by atoms with Gasteiger partial charge in [-0.2, -0.15) is 0 Å². The molecule has 0 bridgehead atoms. The molecule has 2 aromatic carbocycles. The summed E-state index contributed by atoms with van der Waals surface area (Å²) < 4.78 is 10.5. The molecule has 0 radical (unpaired) electrons. The number of aryl methyl sites for hydroxylation is 3. The molecule has 0 unspecified atom stereocenters. The number of carbonyl (C=O) groups excluding carboxylic acids is 1. The Morgan fingerprint density at radius 1 is 1.11 bits per heavy atom.